The Balaban J connectivity index is 2.69. The number of halogens is 1. The summed E-state index contributed by atoms with van der Waals surface area (Å²) in [6.07, 6.45) is 1.64. The number of rotatable bonds is 2. The van der Waals surface area contributed by atoms with Crippen LogP contribution in [-0.4, -0.2) is 16.3 Å². The van der Waals surface area contributed by atoms with Gasteiger partial charge < -0.3 is 5.32 Å². The number of hydrogen-bond acceptors (Lipinski definition) is 2. The van der Waals surface area contributed by atoms with E-state index in [1.165, 1.54) is 0 Å². The molecule has 0 unspecified atom stereocenters. The maximum atomic E-state index is 11.1. The van der Waals surface area contributed by atoms with E-state index in [1.54, 1.807) is 19.2 Å². The van der Waals surface area contributed by atoms with Gasteiger partial charge in [-0.25, -0.2) is 4.98 Å². The van der Waals surface area contributed by atoms with Crippen molar-refractivity contribution in [3.05, 3.63) is 23.9 Å². The lowest BCUT2D eigenvalue weighted by molar-refractivity contribution is -0.115. The third-order valence-corrected chi connectivity index (χ3v) is 1.73. The number of aryl methyl sites for hydroxylation is 1. The fourth-order valence-electron chi connectivity index (χ4n) is 0.830. The van der Waals surface area contributed by atoms with Crippen molar-refractivity contribution in [3.8, 4) is 0 Å². The largest absolute Gasteiger partial charge is 0.309 e. The number of nitrogens with one attached hydrogen (secondary N) is 1. The second-order valence-corrected chi connectivity index (χ2v) is 3.48. The molecule has 1 aromatic heterocycles. The number of alkyl halides is 1. The molecule has 0 saturated carbocycles. The molecule has 70 valence electrons. The monoisotopic (exact) mass is 198 g/mol. The number of amides is 1. The quantitative estimate of drug-likeness (QED) is 0.739. The van der Waals surface area contributed by atoms with Crippen LogP contribution in [0.15, 0.2) is 18.3 Å². The summed E-state index contributed by atoms with van der Waals surface area (Å²) in [4.78, 5) is 15.1. The van der Waals surface area contributed by atoms with E-state index in [0.29, 0.717) is 5.82 Å². The van der Waals surface area contributed by atoms with Gasteiger partial charge in [0.1, 0.15) is 11.2 Å². The van der Waals surface area contributed by atoms with Crippen LogP contribution in [-0.2, 0) is 4.79 Å². The number of carbonyl (C=O) groups is 1. The van der Waals surface area contributed by atoms with Crippen LogP contribution in [0.25, 0.3) is 0 Å². The fourth-order valence-corrected chi connectivity index (χ4v) is 0.885. The van der Waals surface area contributed by atoms with Crippen molar-refractivity contribution in [2.45, 2.75) is 19.2 Å². The zero-order valence-electron chi connectivity index (χ0n) is 7.54. The normalized spacial score (nSPS) is 12.2. The first-order chi connectivity index (χ1) is 6.09. The van der Waals surface area contributed by atoms with E-state index in [-0.39, 0.29) is 5.91 Å². The molecule has 0 aliphatic rings. The molecule has 1 N–H and O–H groups in total. The van der Waals surface area contributed by atoms with Gasteiger partial charge in [-0.15, -0.1) is 11.6 Å². The molecule has 1 amide bonds. The molecule has 4 heteroatoms. The van der Waals surface area contributed by atoms with Gasteiger partial charge in [-0.3, -0.25) is 4.79 Å². The van der Waals surface area contributed by atoms with Gasteiger partial charge in [-0.05, 0) is 31.5 Å². The number of pyridine rings is 1. The second kappa shape index (κ2) is 4.23. The van der Waals surface area contributed by atoms with Gasteiger partial charge in [0.05, 0.1) is 0 Å². The fraction of sp³-hybridized carbons (Fsp3) is 0.333. The molecule has 1 atom stereocenters. The average molecular weight is 199 g/mol. The molecular weight excluding hydrogens is 188 g/mol. The van der Waals surface area contributed by atoms with Crippen molar-refractivity contribution in [1.82, 2.24) is 4.98 Å². The Hall–Kier alpha value is -1.09. The van der Waals surface area contributed by atoms with E-state index in [9.17, 15) is 4.79 Å². The van der Waals surface area contributed by atoms with E-state index in [4.69, 9.17) is 11.6 Å². The molecule has 13 heavy (non-hydrogen) atoms. The first-order valence-corrected chi connectivity index (χ1v) is 4.41. The lowest BCUT2D eigenvalue weighted by Crippen LogP contribution is -2.20. The van der Waals surface area contributed by atoms with Crippen molar-refractivity contribution in [1.29, 1.82) is 0 Å². The summed E-state index contributed by atoms with van der Waals surface area (Å²) in [5.74, 6) is 0.303. The number of hydrogen-bond donors (Lipinski definition) is 1. The van der Waals surface area contributed by atoms with Gasteiger partial charge in [-0.1, -0.05) is 0 Å². The molecule has 0 radical (unpaired) electrons. The highest BCUT2D eigenvalue weighted by molar-refractivity contribution is 6.32. The van der Waals surface area contributed by atoms with E-state index in [0.717, 1.165) is 5.56 Å². The molecule has 0 fully saturated rings. The molecule has 0 aliphatic heterocycles. The molecular formula is C9H11ClN2O. The Labute approximate surface area is 82.1 Å². The highest BCUT2D eigenvalue weighted by Gasteiger charge is 2.09. The summed E-state index contributed by atoms with van der Waals surface area (Å²) in [5, 5.41) is 2.06. The standard InChI is InChI=1S/C9H11ClN2O/c1-6-3-4-11-8(5-6)12-9(13)7(2)10/h3-5,7H,1-2H3,(H,11,12,13)/t7-/m0/s1. The van der Waals surface area contributed by atoms with Crippen LogP contribution in [0.3, 0.4) is 0 Å². The topological polar surface area (TPSA) is 42.0 Å². The van der Waals surface area contributed by atoms with Crippen LogP contribution in [0.4, 0.5) is 5.82 Å². The third-order valence-electron chi connectivity index (χ3n) is 1.53. The molecule has 0 aliphatic carbocycles. The highest BCUT2D eigenvalue weighted by atomic mass is 35.5. The van der Waals surface area contributed by atoms with Gasteiger partial charge in [0.2, 0.25) is 5.91 Å². The van der Waals surface area contributed by atoms with Crippen LogP contribution >= 0.6 is 11.6 Å². The van der Waals surface area contributed by atoms with E-state index < -0.39 is 5.38 Å². The van der Waals surface area contributed by atoms with Crippen molar-refractivity contribution < 1.29 is 4.79 Å². The van der Waals surface area contributed by atoms with Crippen LogP contribution in [0.5, 0.6) is 0 Å². The third kappa shape index (κ3) is 3.03. The van der Waals surface area contributed by atoms with Crippen molar-refractivity contribution in [2.24, 2.45) is 0 Å². The molecule has 3 nitrogen and oxygen atoms in total. The summed E-state index contributed by atoms with van der Waals surface area (Å²) in [6, 6.07) is 3.65. The Kier molecular flexibility index (Phi) is 3.25. The minimum absolute atomic E-state index is 0.236. The molecule has 1 rings (SSSR count). The summed E-state index contributed by atoms with van der Waals surface area (Å²) in [7, 11) is 0. The summed E-state index contributed by atoms with van der Waals surface area (Å²) >= 11 is 5.58. The van der Waals surface area contributed by atoms with Crippen molar-refractivity contribution >= 4 is 23.3 Å². The molecule has 1 aromatic rings. The number of anilines is 1. The second-order valence-electron chi connectivity index (χ2n) is 2.82. The zero-order chi connectivity index (χ0) is 9.84. The molecule has 0 spiro atoms. The van der Waals surface area contributed by atoms with Crippen molar-refractivity contribution in [2.75, 3.05) is 5.32 Å². The van der Waals surface area contributed by atoms with Crippen LogP contribution in [0.1, 0.15) is 12.5 Å². The van der Waals surface area contributed by atoms with Gasteiger partial charge in [0, 0.05) is 6.20 Å². The van der Waals surface area contributed by atoms with Gasteiger partial charge >= 0.3 is 0 Å². The van der Waals surface area contributed by atoms with Crippen LogP contribution in [0, 0.1) is 6.92 Å². The Morgan fingerprint density at radius 2 is 2.38 bits per heavy atom. The predicted molar refractivity (Wildman–Crippen MR) is 52.9 cm³/mol. The SMILES string of the molecule is Cc1ccnc(NC(=O)[C@H](C)Cl)c1. The first-order valence-electron chi connectivity index (χ1n) is 3.97. The first kappa shape index (κ1) is 9.99. The van der Waals surface area contributed by atoms with Gasteiger partial charge in [0.15, 0.2) is 0 Å². The molecule has 0 aromatic carbocycles. The smallest absolute Gasteiger partial charge is 0.243 e. The molecule has 0 saturated heterocycles. The van der Waals surface area contributed by atoms with E-state index in [1.807, 2.05) is 13.0 Å². The average Bonchev–Trinajstić information content (AvgIpc) is 2.04. The number of carbonyl (C=O) groups excluding carboxylic acids is 1. The van der Waals surface area contributed by atoms with E-state index in [2.05, 4.69) is 10.3 Å². The predicted octanol–water partition coefficient (Wildman–Crippen LogP) is 1.96. The Morgan fingerprint density at radius 3 is 2.92 bits per heavy atom. The van der Waals surface area contributed by atoms with Crippen LogP contribution in [0.2, 0.25) is 0 Å². The lowest BCUT2D eigenvalue weighted by Gasteiger charge is -2.05. The zero-order valence-corrected chi connectivity index (χ0v) is 8.30. The molecule has 1 heterocycles. The summed E-state index contributed by atoms with van der Waals surface area (Å²) < 4.78 is 0. The number of aromatic nitrogens is 1. The molecule has 0 bridgehead atoms. The van der Waals surface area contributed by atoms with Gasteiger partial charge in [0.25, 0.3) is 0 Å². The highest BCUT2D eigenvalue weighted by Crippen LogP contribution is 2.06. The lowest BCUT2D eigenvalue weighted by atomic mass is 10.3. The Bertz CT molecular complexity index is 312. The van der Waals surface area contributed by atoms with Crippen LogP contribution < -0.4 is 5.32 Å². The Morgan fingerprint density at radius 1 is 1.69 bits per heavy atom. The van der Waals surface area contributed by atoms with Crippen molar-refractivity contribution in [3.63, 3.8) is 0 Å². The summed E-state index contributed by atoms with van der Waals surface area (Å²) in [6.45, 7) is 3.55. The number of nitrogens with zero attached hydrogens (tertiary/aromatic N) is 1. The maximum Gasteiger partial charge on any atom is 0.243 e. The summed E-state index contributed by atoms with van der Waals surface area (Å²) in [5.41, 5.74) is 1.05. The maximum absolute atomic E-state index is 11.1. The van der Waals surface area contributed by atoms with Gasteiger partial charge in [-0.2, -0.15) is 0 Å². The van der Waals surface area contributed by atoms with E-state index >= 15 is 0 Å². The minimum Gasteiger partial charge on any atom is -0.309 e. The minimum atomic E-state index is -0.540.